The minimum atomic E-state index is 1.05. The number of unbranched alkanes of at least 4 members (excludes halogenated alkanes) is 2. The van der Waals surface area contributed by atoms with Crippen molar-refractivity contribution in [2.45, 2.75) is 49.3 Å². The van der Waals surface area contributed by atoms with E-state index >= 15 is 0 Å². The van der Waals surface area contributed by atoms with E-state index in [1.54, 1.807) is 0 Å². The zero-order valence-electron chi connectivity index (χ0n) is 19.4. The summed E-state index contributed by atoms with van der Waals surface area (Å²) in [6.07, 6.45) is 5.00. The zero-order valence-corrected chi connectivity index (χ0v) is 21.0. The SMILES string of the molecule is C=C(c1ccc(SCCCC)cc1)c1cccc(C(=C)c2ccc(SCCCC)cc2)c1. The number of rotatable bonds is 12. The quantitative estimate of drug-likeness (QED) is 0.196. The molecule has 0 radical (unpaired) electrons. The first-order valence-electron chi connectivity index (χ1n) is 11.6. The first-order valence-corrected chi connectivity index (χ1v) is 13.5. The van der Waals surface area contributed by atoms with Crippen LogP contribution in [0.25, 0.3) is 11.1 Å². The van der Waals surface area contributed by atoms with Gasteiger partial charge in [0.2, 0.25) is 0 Å². The molecule has 0 spiro atoms. The lowest BCUT2D eigenvalue weighted by molar-refractivity contribution is 0.896. The molecular weight excluding hydrogens is 424 g/mol. The van der Waals surface area contributed by atoms with Gasteiger partial charge in [0.1, 0.15) is 0 Å². The molecule has 3 aromatic rings. The first kappa shape index (κ1) is 24.5. The Kier molecular flexibility index (Phi) is 9.77. The molecule has 0 N–H and O–H groups in total. The maximum Gasteiger partial charge on any atom is 0.00723 e. The van der Waals surface area contributed by atoms with E-state index in [0.717, 1.165) is 22.3 Å². The highest BCUT2D eigenvalue weighted by Gasteiger charge is 2.08. The normalized spacial score (nSPS) is 10.8. The standard InChI is InChI=1S/C30H34S2/c1-5-7-20-31-29-16-12-25(13-17-29)23(3)27-10-9-11-28(22-27)24(4)26-14-18-30(19-15-26)32-21-8-6-2/h9-19,22H,3-8,20-21H2,1-2H3. The highest BCUT2D eigenvalue weighted by Crippen LogP contribution is 2.30. The topological polar surface area (TPSA) is 0 Å². The molecule has 0 heterocycles. The number of benzene rings is 3. The fraction of sp³-hybridized carbons (Fsp3) is 0.267. The van der Waals surface area contributed by atoms with E-state index in [2.05, 4.69) is 99.8 Å². The van der Waals surface area contributed by atoms with Crippen LogP contribution in [-0.4, -0.2) is 11.5 Å². The zero-order chi connectivity index (χ0) is 22.8. The first-order chi connectivity index (χ1) is 15.6. The molecule has 32 heavy (non-hydrogen) atoms. The molecule has 0 saturated carbocycles. The average Bonchev–Trinajstić information content (AvgIpc) is 2.84. The number of thioether (sulfide) groups is 2. The van der Waals surface area contributed by atoms with Crippen molar-refractivity contribution in [1.82, 2.24) is 0 Å². The summed E-state index contributed by atoms with van der Waals surface area (Å²) in [5, 5.41) is 0. The molecule has 0 aliphatic carbocycles. The predicted molar refractivity (Wildman–Crippen MR) is 147 cm³/mol. The van der Waals surface area contributed by atoms with Crippen LogP contribution in [0.4, 0.5) is 0 Å². The van der Waals surface area contributed by atoms with Crippen molar-refractivity contribution >= 4 is 34.7 Å². The summed E-state index contributed by atoms with van der Waals surface area (Å²) >= 11 is 3.86. The molecule has 0 saturated heterocycles. The second-order valence-electron chi connectivity index (χ2n) is 7.99. The van der Waals surface area contributed by atoms with E-state index in [4.69, 9.17) is 0 Å². The van der Waals surface area contributed by atoms with E-state index in [-0.39, 0.29) is 0 Å². The molecule has 166 valence electrons. The van der Waals surface area contributed by atoms with E-state index in [9.17, 15) is 0 Å². The lowest BCUT2D eigenvalue weighted by Crippen LogP contribution is -1.91. The van der Waals surface area contributed by atoms with Crippen LogP contribution in [0.15, 0.2) is 95.7 Å². The molecular formula is C30H34S2. The lowest BCUT2D eigenvalue weighted by Gasteiger charge is -2.12. The van der Waals surface area contributed by atoms with Crippen LogP contribution in [0.5, 0.6) is 0 Å². The van der Waals surface area contributed by atoms with Gasteiger partial charge in [-0.25, -0.2) is 0 Å². The second-order valence-corrected chi connectivity index (χ2v) is 10.3. The van der Waals surface area contributed by atoms with Gasteiger partial charge in [-0.05, 0) is 88.1 Å². The fourth-order valence-corrected chi connectivity index (χ4v) is 5.40. The molecule has 3 aromatic carbocycles. The smallest absolute Gasteiger partial charge is 0.00723 e. The van der Waals surface area contributed by atoms with Gasteiger partial charge in [-0.3, -0.25) is 0 Å². The van der Waals surface area contributed by atoms with Crippen molar-refractivity contribution < 1.29 is 0 Å². The highest BCUT2D eigenvalue weighted by atomic mass is 32.2. The summed E-state index contributed by atoms with van der Waals surface area (Å²) in [5.41, 5.74) is 6.71. The van der Waals surface area contributed by atoms with Crippen molar-refractivity contribution in [2.24, 2.45) is 0 Å². The molecule has 0 unspecified atom stereocenters. The van der Waals surface area contributed by atoms with Crippen molar-refractivity contribution in [3.8, 4) is 0 Å². The fourth-order valence-electron chi connectivity index (χ4n) is 3.40. The Hall–Kier alpha value is -2.16. The molecule has 0 fully saturated rings. The van der Waals surface area contributed by atoms with Gasteiger partial charge >= 0.3 is 0 Å². The third kappa shape index (κ3) is 6.92. The minimum Gasteiger partial charge on any atom is -0.126 e. The van der Waals surface area contributed by atoms with Crippen molar-refractivity contribution in [2.75, 3.05) is 11.5 Å². The van der Waals surface area contributed by atoms with Crippen molar-refractivity contribution in [1.29, 1.82) is 0 Å². The molecule has 0 atom stereocenters. The Balaban J connectivity index is 1.69. The summed E-state index contributed by atoms with van der Waals surface area (Å²) < 4.78 is 0. The summed E-state index contributed by atoms with van der Waals surface area (Å²) in [6.45, 7) is 13.2. The van der Waals surface area contributed by atoms with Gasteiger partial charge in [-0.15, -0.1) is 23.5 Å². The Labute approximate surface area is 203 Å². The largest absolute Gasteiger partial charge is 0.126 e. The molecule has 3 rings (SSSR count). The van der Waals surface area contributed by atoms with Gasteiger partial charge in [0.05, 0.1) is 0 Å². The van der Waals surface area contributed by atoms with Crippen LogP contribution in [0.1, 0.15) is 61.8 Å². The lowest BCUT2D eigenvalue weighted by atomic mass is 9.94. The monoisotopic (exact) mass is 458 g/mol. The Bertz CT molecular complexity index is 933. The predicted octanol–water partition coefficient (Wildman–Crippen LogP) is 9.59. The van der Waals surface area contributed by atoms with Crippen LogP contribution in [0.2, 0.25) is 0 Å². The minimum absolute atomic E-state index is 1.05. The molecule has 0 aromatic heterocycles. The summed E-state index contributed by atoms with van der Waals surface area (Å²) in [6, 6.07) is 26.2. The molecule has 2 heteroatoms. The van der Waals surface area contributed by atoms with Crippen LogP contribution < -0.4 is 0 Å². The molecule has 0 bridgehead atoms. The molecule has 0 nitrogen and oxygen atoms in total. The maximum atomic E-state index is 4.38. The van der Waals surface area contributed by atoms with Gasteiger partial charge in [-0.1, -0.05) is 82.3 Å². The van der Waals surface area contributed by atoms with E-state index < -0.39 is 0 Å². The van der Waals surface area contributed by atoms with Gasteiger partial charge in [0.15, 0.2) is 0 Å². The Morgan fingerprint density at radius 3 is 1.38 bits per heavy atom. The van der Waals surface area contributed by atoms with Crippen LogP contribution in [0, 0.1) is 0 Å². The van der Waals surface area contributed by atoms with Crippen molar-refractivity contribution in [3.05, 3.63) is 108 Å². The summed E-state index contributed by atoms with van der Waals surface area (Å²) in [5.74, 6) is 2.36. The molecule has 0 amide bonds. The van der Waals surface area contributed by atoms with Gasteiger partial charge in [0, 0.05) is 9.79 Å². The second kappa shape index (κ2) is 12.8. The van der Waals surface area contributed by atoms with E-state index in [0.29, 0.717) is 0 Å². The molecule has 0 aliphatic heterocycles. The van der Waals surface area contributed by atoms with E-state index in [1.807, 2.05) is 23.5 Å². The Morgan fingerprint density at radius 2 is 1.00 bits per heavy atom. The summed E-state index contributed by atoms with van der Waals surface area (Å²) in [4.78, 5) is 2.65. The maximum absolute atomic E-state index is 4.38. The van der Waals surface area contributed by atoms with Gasteiger partial charge in [0.25, 0.3) is 0 Å². The third-order valence-electron chi connectivity index (χ3n) is 5.50. The van der Waals surface area contributed by atoms with Gasteiger partial charge in [-0.2, -0.15) is 0 Å². The summed E-state index contributed by atoms with van der Waals surface area (Å²) in [7, 11) is 0. The Morgan fingerprint density at radius 1 is 0.594 bits per heavy atom. The van der Waals surface area contributed by atoms with Crippen molar-refractivity contribution in [3.63, 3.8) is 0 Å². The van der Waals surface area contributed by atoms with Crippen LogP contribution >= 0.6 is 23.5 Å². The van der Waals surface area contributed by atoms with Crippen LogP contribution in [0.3, 0.4) is 0 Å². The van der Waals surface area contributed by atoms with Crippen LogP contribution in [-0.2, 0) is 0 Å². The van der Waals surface area contributed by atoms with Gasteiger partial charge < -0.3 is 0 Å². The molecule has 0 aliphatic rings. The van der Waals surface area contributed by atoms with E-state index in [1.165, 1.54) is 58.1 Å². The highest BCUT2D eigenvalue weighted by molar-refractivity contribution is 7.99. The average molecular weight is 459 g/mol. The number of hydrogen-bond donors (Lipinski definition) is 0. The number of hydrogen-bond acceptors (Lipinski definition) is 2. The third-order valence-corrected chi connectivity index (χ3v) is 7.69.